The van der Waals surface area contributed by atoms with E-state index in [1.807, 2.05) is 108 Å². The Morgan fingerprint density at radius 1 is 0.471 bits per heavy atom. The number of hydrogen-bond acceptors (Lipinski definition) is 23. The maximum atomic E-state index is 11.7. The van der Waals surface area contributed by atoms with Crippen molar-refractivity contribution in [2.24, 2.45) is 0 Å². The van der Waals surface area contributed by atoms with Gasteiger partial charge >= 0.3 is 0 Å². The maximum Gasteiger partial charge on any atom is 0.241 e. The Balaban J connectivity index is 0.000000154. The van der Waals surface area contributed by atoms with E-state index in [-0.39, 0.29) is 48.4 Å². The Kier molecular flexibility index (Phi) is 25.9. The van der Waals surface area contributed by atoms with Gasteiger partial charge in [0.1, 0.15) is 12.4 Å². The van der Waals surface area contributed by atoms with Crippen molar-refractivity contribution in [1.29, 1.82) is 0 Å². The summed E-state index contributed by atoms with van der Waals surface area (Å²) in [7, 11) is 6.69. The predicted molar refractivity (Wildman–Crippen MR) is 393 cm³/mol. The van der Waals surface area contributed by atoms with Gasteiger partial charge in [0.15, 0.2) is 0 Å². The van der Waals surface area contributed by atoms with Crippen LogP contribution >= 0.6 is 0 Å². The lowest BCUT2D eigenvalue weighted by molar-refractivity contribution is -0.129. The number of piperazine rings is 1. The lowest BCUT2D eigenvalue weighted by atomic mass is 9.85. The highest BCUT2D eigenvalue weighted by Gasteiger charge is 2.30. The van der Waals surface area contributed by atoms with Crippen LogP contribution in [0.1, 0.15) is 153 Å². The fourth-order valence-corrected chi connectivity index (χ4v) is 14.2. The van der Waals surface area contributed by atoms with E-state index < -0.39 is 0 Å². The third-order valence-corrected chi connectivity index (χ3v) is 19.4. The quantitative estimate of drug-likeness (QED) is 0.0290. The van der Waals surface area contributed by atoms with E-state index in [0.29, 0.717) is 93.5 Å². The van der Waals surface area contributed by atoms with Crippen LogP contribution in [0.15, 0.2) is 91.8 Å². The molecule has 27 nitrogen and oxygen atoms in total. The number of aliphatic hydroxyl groups excluding tert-OH is 3. The second kappa shape index (κ2) is 35.5. The van der Waals surface area contributed by atoms with Crippen molar-refractivity contribution < 1.29 is 48.5 Å². The van der Waals surface area contributed by atoms with Crippen LogP contribution in [-0.2, 0) is 23.7 Å². The van der Waals surface area contributed by atoms with Crippen LogP contribution in [0.4, 0.5) is 23.7 Å². The molecule has 6 N–H and O–H groups in total. The van der Waals surface area contributed by atoms with Crippen LogP contribution in [0.3, 0.4) is 0 Å². The molecule has 1 amide bonds. The molecule has 13 rings (SSSR count). The van der Waals surface area contributed by atoms with Crippen molar-refractivity contribution in [2.45, 2.75) is 179 Å². The van der Waals surface area contributed by atoms with Gasteiger partial charge in [-0.15, -0.1) is 15.3 Å². The van der Waals surface area contributed by atoms with Gasteiger partial charge in [-0.2, -0.15) is 0 Å². The Hall–Kier alpha value is -8.70. The zero-order valence-electron chi connectivity index (χ0n) is 60.7. The first kappa shape index (κ1) is 74.5. The molecule has 102 heavy (non-hydrogen) atoms. The predicted octanol–water partition coefficient (Wildman–Crippen LogP) is 10.3. The minimum Gasteiger partial charge on any atom is -0.475 e. The van der Waals surface area contributed by atoms with Gasteiger partial charge in [0.25, 0.3) is 0 Å². The first-order chi connectivity index (χ1) is 49.4. The maximum absolute atomic E-state index is 11.7. The van der Waals surface area contributed by atoms with Crippen molar-refractivity contribution in [3.63, 3.8) is 0 Å². The van der Waals surface area contributed by atoms with Gasteiger partial charge in [0.2, 0.25) is 35.5 Å². The summed E-state index contributed by atoms with van der Waals surface area (Å²) in [5.41, 5.74) is 12.5. The summed E-state index contributed by atoms with van der Waals surface area (Å²) in [4.78, 5) is 42.9. The van der Waals surface area contributed by atoms with Crippen molar-refractivity contribution in [2.75, 3.05) is 109 Å². The minimum absolute atomic E-state index is 0.0545. The molecule has 1 aliphatic heterocycles. The van der Waals surface area contributed by atoms with Gasteiger partial charge in [-0.3, -0.25) is 4.79 Å². The number of aromatic nitrogens is 12. The van der Waals surface area contributed by atoms with Crippen molar-refractivity contribution in [1.82, 2.24) is 63.6 Å². The van der Waals surface area contributed by atoms with Crippen LogP contribution in [0.2, 0.25) is 0 Å². The molecule has 9 aromatic heterocycles. The van der Waals surface area contributed by atoms with Crippen molar-refractivity contribution in [3.8, 4) is 45.1 Å². The number of methoxy groups -OCH3 is 4. The number of nitrogens with one attached hydrogen (secondary N) is 3. The van der Waals surface area contributed by atoms with E-state index in [9.17, 15) is 20.1 Å². The van der Waals surface area contributed by atoms with Crippen molar-refractivity contribution in [3.05, 3.63) is 109 Å². The number of rotatable bonds is 25. The Morgan fingerprint density at radius 3 is 1.22 bits per heavy atom. The summed E-state index contributed by atoms with van der Waals surface area (Å²) in [6, 6.07) is 18.9. The second-order valence-electron chi connectivity index (χ2n) is 27.8. The smallest absolute Gasteiger partial charge is 0.241 e. The molecule has 0 radical (unpaired) electrons. The number of fused-ring (bicyclic) bond motifs is 3. The molecule has 4 fully saturated rings. The molecule has 10 heterocycles. The molecule has 4 aliphatic rings. The summed E-state index contributed by atoms with van der Waals surface area (Å²) >= 11 is 0. The van der Waals surface area contributed by atoms with E-state index in [2.05, 4.69) is 75.0 Å². The highest BCUT2D eigenvalue weighted by molar-refractivity contribution is 5.84. The lowest BCUT2D eigenvalue weighted by Gasteiger charge is -2.35. The van der Waals surface area contributed by atoms with E-state index in [1.165, 1.54) is 0 Å². The number of pyridine rings is 3. The molecule has 3 aliphatic carbocycles. The molecule has 3 saturated carbocycles. The fourth-order valence-electron chi connectivity index (χ4n) is 14.2. The molecule has 9 aromatic rings. The third-order valence-electron chi connectivity index (χ3n) is 19.4. The van der Waals surface area contributed by atoms with Gasteiger partial charge in [-0.25, -0.2) is 43.5 Å². The number of hydrogen-bond donors (Lipinski definition) is 6. The summed E-state index contributed by atoms with van der Waals surface area (Å²) in [6.45, 7) is 17.3. The molecular weight excluding hydrogens is 1300 g/mol. The van der Waals surface area contributed by atoms with Gasteiger partial charge < -0.3 is 69.5 Å². The van der Waals surface area contributed by atoms with Crippen LogP contribution in [0, 0.1) is 0 Å². The van der Waals surface area contributed by atoms with E-state index in [0.717, 1.165) is 163 Å². The SMILES string of the molecule is COCCOc1cc(-c2cc(C3CCC(O)CC3)n3nc(N[C@@H](C)COC)ncc23)ccn1.COC[C@H](C)Nc1ncc2c(-c3ccnc(N4CCN(C(C)=O)CC4)c3)cc(C3CCC(O)CC3)n2n1.COC[C@H](C)Nc1ncc2c(-c3ccnc(OC(C)C)c3)cc(C3CCC(O)CC3)n2n1. The Morgan fingerprint density at radius 2 is 0.843 bits per heavy atom. The first-order valence-corrected chi connectivity index (χ1v) is 36.1. The summed E-state index contributed by atoms with van der Waals surface area (Å²) in [5, 5.41) is 54.6. The first-order valence-electron chi connectivity index (χ1n) is 36.1. The number of amides is 1. The zero-order chi connectivity index (χ0) is 71.8. The van der Waals surface area contributed by atoms with E-state index in [1.54, 1.807) is 47.8 Å². The van der Waals surface area contributed by atoms with Crippen LogP contribution < -0.4 is 30.3 Å². The average Bonchev–Trinajstić information content (AvgIpc) is 1.63. The minimum atomic E-state index is -0.213. The largest absolute Gasteiger partial charge is 0.475 e. The molecule has 27 heteroatoms. The summed E-state index contributed by atoms with van der Waals surface area (Å²) in [5.74, 6) is 4.87. The number of carbonyl (C=O) groups is 1. The van der Waals surface area contributed by atoms with E-state index >= 15 is 0 Å². The molecule has 1 saturated heterocycles. The number of anilines is 4. The van der Waals surface area contributed by atoms with Gasteiger partial charge in [0.05, 0.1) is 86.0 Å². The lowest BCUT2D eigenvalue weighted by Crippen LogP contribution is -2.48. The molecule has 0 spiro atoms. The molecule has 0 aromatic carbocycles. The average molecular weight is 1400 g/mol. The number of ether oxygens (including phenoxy) is 6. The number of aliphatic hydroxyl groups is 3. The molecule has 548 valence electrons. The second-order valence-corrected chi connectivity index (χ2v) is 27.8. The van der Waals surface area contributed by atoms with Crippen LogP contribution in [0.25, 0.3) is 49.9 Å². The Labute approximate surface area is 597 Å². The Bertz CT molecular complexity index is 4160. The van der Waals surface area contributed by atoms with Crippen molar-refractivity contribution >= 4 is 46.1 Å². The summed E-state index contributed by atoms with van der Waals surface area (Å²) < 4.78 is 38.3. The third kappa shape index (κ3) is 18.9. The molecular formula is C75H103N17O10. The normalized spacial score (nSPS) is 20.3. The van der Waals surface area contributed by atoms with Gasteiger partial charge in [-0.05, 0) is 171 Å². The number of carbonyl (C=O) groups excluding carboxylic acids is 1. The zero-order valence-corrected chi connectivity index (χ0v) is 60.7. The highest BCUT2D eigenvalue weighted by atomic mass is 16.5. The van der Waals surface area contributed by atoms with Crippen LogP contribution in [-0.4, -0.2) is 215 Å². The molecule has 0 bridgehead atoms. The highest BCUT2D eigenvalue weighted by Crippen LogP contribution is 2.42. The van der Waals surface area contributed by atoms with E-state index in [4.69, 9.17) is 43.7 Å². The van der Waals surface area contributed by atoms with Crippen LogP contribution in [0.5, 0.6) is 11.8 Å². The number of nitrogens with zero attached hydrogens (tertiary/aromatic N) is 14. The fraction of sp³-hybridized carbons (Fsp3) is 0.547. The van der Waals surface area contributed by atoms with Gasteiger partial charge in [0, 0.05) is 162 Å². The molecule has 3 atom stereocenters. The standard InChI is InChI=1S/C27H37N7O3.C24H33N5O4.C24H33N5O3/c1-18(17-37-3)30-27-29-16-25-23(15-24(34(25)31-27)20-4-6-22(36)7-5-20)21-8-9-28-26(14-21)33-12-10-32(11-13-33)19(2)35;1-16(15-32-3)27-24-26-14-22-20(18-8-9-25-23(12-18)33-11-10-31-2)13-21(29(22)28-24)17-4-6-19(30)7-5-17;1-15(2)32-23-11-18(9-10-25-23)20-12-21(17-5-7-19(30)8-6-17)29-22(20)13-26-24(28-29)27-16(3)14-31-4/h8-9,14-16,18,20,22,36H,4-7,10-13,17H2,1-3H3,(H,30,31);8-9,12-14,16-17,19,30H,4-7,10-11,15H2,1-3H3,(H,27,28);9-13,15-17,19,30H,5-8,14H2,1-4H3,(H,27,28)/t18-,20?,22?;2*16-,17?,19?/m000/s1. The topological polar surface area (TPSA) is 305 Å². The molecule has 0 unspecified atom stereocenters. The summed E-state index contributed by atoms with van der Waals surface area (Å²) in [6.07, 6.45) is 20.9. The van der Waals surface area contributed by atoms with Gasteiger partial charge in [-0.1, -0.05) is 0 Å². The monoisotopic (exact) mass is 1400 g/mol.